The van der Waals surface area contributed by atoms with Gasteiger partial charge in [0, 0.05) is 5.56 Å². The first-order valence-electron chi connectivity index (χ1n) is 8.63. The highest BCUT2D eigenvalue weighted by atomic mass is 19.1. The maximum Gasteiger partial charge on any atom is 0.131 e. The van der Waals surface area contributed by atoms with Crippen molar-refractivity contribution in [3.05, 3.63) is 102 Å². The quantitative estimate of drug-likeness (QED) is 0.284. The van der Waals surface area contributed by atoms with E-state index in [1.165, 1.54) is 5.56 Å². The lowest BCUT2D eigenvalue weighted by molar-refractivity contribution is 0.631. The van der Waals surface area contributed by atoms with Gasteiger partial charge in [0.15, 0.2) is 0 Å². The highest BCUT2D eigenvalue weighted by Crippen LogP contribution is 2.27. The monoisotopic (exact) mass is 332 g/mol. The van der Waals surface area contributed by atoms with Gasteiger partial charge >= 0.3 is 0 Å². The summed E-state index contributed by atoms with van der Waals surface area (Å²) < 4.78 is 14.6. The van der Waals surface area contributed by atoms with Gasteiger partial charge in [-0.15, -0.1) is 6.58 Å². The first kappa shape index (κ1) is 18.7. The van der Waals surface area contributed by atoms with E-state index in [1.54, 1.807) is 6.07 Å². The highest BCUT2D eigenvalue weighted by molar-refractivity contribution is 5.77. The minimum absolute atomic E-state index is 0.201. The molecule has 0 amide bonds. The zero-order valence-corrected chi connectivity index (χ0v) is 15.0. The van der Waals surface area contributed by atoms with Gasteiger partial charge in [-0.25, -0.2) is 4.39 Å². The summed E-state index contributed by atoms with van der Waals surface area (Å²) in [6, 6.07) is 13.4. The maximum atomic E-state index is 14.6. The molecule has 0 aliphatic rings. The van der Waals surface area contributed by atoms with Crippen molar-refractivity contribution in [2.24, 2.45) is 0 Å². The Morgan fingerprint density at radius 1 is 1.08 bits per heavy atom. The van der Waals surface area contributed by atoms with Crippen molar-refractivity contribution >= 4 is 5.57 Å². The van der Waals surface area contributed by atoms with Crippen LogP contribution in [-0.4, -0.2) is 0 Å². The SMILES string of the molecule is C=CCC/C=C/C=C(\C=C/C)c1ccc(-c2ccc(C)cc2)c(F)c1. The molecule has 0 aliphatic carbocycles. The number of hydrogen-bond acceptors (Lipinski definition) is 0. The lowest BCUT2D eigenvalue weighted by Crippen LogP contribution is -1.89. The van der Waals surface area contributed by atoms with Gasteiger partial charge in [0.2, 0.25) is 0 Å². The predicted molar refractivity (Wildman–Crippen MR) is 108 cm³/mol. The summed E-state index contributed by atoms with van der Waals surface area (Å²) in [4.78, 5) is 0. The highest BCUT2D eigenvalue weighted by Gasteiger charge is 2.07. The van der Waals surface area contributed by atoms with Crippen LogP contribution in [0.25, 0.3) is 16.7 Å². The molecular formula is C24H25F. The first-order chi connectivity index (χ1) is 12.2. The van der Waals surface area contributed by atoms with Crippen molar-refractivity contribution in [3.8, 4) is 11.1 Å². The lowest BCUT2D eigenvalue weighted by Gasteiger charge is -2.08. The standard InChI is InChI=1S/C24H25F/c1-4-6-7-8-9-11-20(10-5-2)22-16-17-23(24(25)18-22)21-14-12-19(3)13-15-21/h4-5,8-18H,1,6-7H2,2-3H3/b9-8+,10-5-,20-11+. The van der Waals surface area contributed by atoms with Gasteiger partial charge in [0.05, 0.1) is 0 Å². The van der Waals surface area contributed by atoms with E-state index in [9.17, 15) is 4.39 Å². The zero-order valence-electron chi connectivity index (χ0n) is 15.0. The smallest absolute Gasteiger partial charge is 0.131 e. The second-order valence-corrected chi connectivity index (χ2v) is 5.98. The number of rotatable bonds is 7. The second kappa shape index (κ2) is 9.58. The van der Waals surface area contributed by atoms with Crippen molar-refractivity contribution < 1.29 is 4.39 Å². The summed E-state index contributed by atoms with van der Waals surface area (Å²) in [5.41, 5.74) is 4.56. The molecule has 0 nitrogen and oxygen atoms in total. The largest absolute Gasteiger partial charge is 0.206 e. The summed E-state index contributed by atoms with van der Waals surface area (Å²) in [7, 11) is 0. The van der Waals surface area contributed by atoms with Gasteiger partial charge in [-0.05, 0) is 49.5 Å². The minimum atomic E-state index is -0.201. The molecule has 0 heterocycles. The van der Waals surface area contributed by atoms with E-state index in [2.05, 4.69) is 12.7 Å². The van der Waals surface area contributed by atoms with Crippen molar-refractivity contribution in [1.82, 2.24) is 0 Å². The van der Waals surface area contributed by atoms with Crippen molar-refractivity contribution in [1.29, 1.82) is 0 Å². The number of aryl methyl sites for hydroxylation is 1. The summed E-state index contributed by atoms with van der Waals surface area (Å²) in [6.07, 6.45) is 13.9. The molecule has 0 atom stereocenters. The fraction of sp³-hybridized carbons (Fsp3) is 0.167. The average molecular weight is 332 g/mol. The second-order valence-electron chi connectivity index (χ2n) is 5.98. The molecule has 0 saturated carbocycles. The third kappa shape index (κ3) is 5.42. The summed E-state index contributed by atoms with van der Waals surface area (Å²) in [6.45, 7) is 7.71. The Balaban J connectivity index is 2.29. The van der Waals surface area contributed by atoms with Crippen LogP contribution >= 0.6 is 0 Å². The van der Waals surface area contributed by atoms with Gasteiger partial charge in [0.1, 0.15) is 5.82 Å². The van der Waals surface area contributed by atoms with Crippen LogP contribution in [0.4, 0.5) is 4.39 Å². The van der Waals surface area contributed by atoms with Gasteiger partial charge < -0.3 is 0 Å². The molecule has 0 N–H and O–H groups in total. The molecular weight excluding hydrogens is 307 g/mol. The topological polar surface area (TPSA) is 0 Å². The molecule has 0 unspecified atom stereocenters. The molecule has 2 rings (SSSR count). The molecule has 2 aromatic carbocycles. The first-order valence-corrected chi connectivity index (χ1v) is 8.63. The molecule has 0 aromatic heterocycles. The van der Waals surface area contributed by atoms with Gasteiger partial charge in [-0.2, -0.15) is 0 Å². The van der Waals surface area contributed by atoms with Crippen LogP contribution in [-0.2, 0) is 0 Å². The lowest BCUT2D eigenvalue weighted by atomic mass is 9.98. The van der Waals surface area contributed by atoms with E-state index in [-0.39, 0.29) is 5.82 Å². The molecule has 0 saturated heterocycles. The van der Waals surface area contributed by atoms with Gasteiger partial charge in [0.25, 0.3) is 0 Å². The van der Waals surface area contributed by atoms with E-state index >= 15 is 0 Å². The minimum Gasteiger partial charge on any atom is -0.206 e. The number of allylic oxidation sites excluding steroid dienone is 7. The summed E-state index contributed by atoms with van der Waals surface area (Å²) in [5.74, 6) is -0.201. The number of benzene rings is 2. The fourth-order valence-corrected chi connectivity index (χ4v) is 2.57. The zero-order chi connectivity index (χ0) is 18.1. The van der Waals surface area contributed by atoms with Crippen LogP contribution in [0.5, 0.6) is 0 Å². The Morgan fingerprint density at radius 2 is 1.84 bits per heavy atom. The number of hydrogen-bond donors (Lipinski definition) is 0. The molecule has 25 heavy (non-hydrogen) atoms. The van der Waals surface area contributed by atoms with Gasteiger partial charge in [-0.3, -0.25) is 0 Å². The Labute approximate surface area is 150 Å². The number of unbranched alkanes of at least 4 members (excludes halogenated alkanes) is 1. The number of halogens is 1. The Hall–Kier alpha value is -2.67. The molecule has 0 bridgehead atoms. The fourth-order valence-electron chi connectivity index (χ4n) is 2.57. The Morgan fingerprint density at radius 3 is 2.48 bits per heavy atom. The molecule has 0 fully saturated rings. The van der Waals surface area contributed by atoms with E-state index in [4.69, 9.17) is 0 Å². The molecule has 1 heteroatoms. The van der Waals surface area contributed by atoms with Gasteiger partial charge in [-0.1, -0.05) is 78.4 Å². The molecule has 0 radical (unpaired) electrons. The average Bonchev–Trinajstić information content (AvgIpc) is 2.61. The normalized spacial score (nSPS) is 12.2. The van der Waals surface area contributed by atoms with Crippen molar-refractivity contribution in [2.45, 2.75) is 26.7 Å². The van der Waals surface area contributed by atoms with Crippen molar-refractivity contribution in [3.63, 3.8) is 0 Å². The molecule has 0 aliphatic heterocycles. The Bertz CT molecular complexity index is 789. The summed E-state index contributed by atoms with van der Waals surface area (Å²) >= 11 is 0. The summed E-state index contributed by atoms with van der Waals surface area (Å²) in [5, 5.41) is 0. The van der Waals surface area contributed by atoms with E-state index in [0.29, 0.717) is 5.56 Å². The Kier molecular flexibility index (Phi) is 7.16. The van der Waals surface area contributed by atoms with E-state index in [0.717, 1.165) is 29.5 Å². The van der Waals surface area contributed by atoms with Crippen LogP contribution in [0, 0.1) is 12.7 Å². The van der Waals surface area contributed by atoms with Crippen LogP contribution < -0.4 is 0 Å². The predicted octanol–water partition coefficient (Wildman–Crippen LogP) is 7.28. The van der Waals surface area contributed by atoms with Crippen LogP contribution in [0.3, 0.4) is 0 Å². The van der Waals surface area contributed by atoms with E-state index < -0.39 is 0 Å². The molecule has 128 valence electrons. The van der Waals surface area contributed by atoms with Crippen LogP contribution in [0.15, 0.2) is 85.5 Å². The van der Waals surface area contributed by atoms with E-state index in [1.807, 2.05) is 80.6 Å². The third-order valence-electron chi connectivity index (χ3n) is 3.96. The third-order valence-corrected chi connectivity index (χ3v) is 3.96. The maximum absolute atomic E-state index is 14.6. The molecule has 2 aromatic rings. The molecule has 0 spiro atoms. The van der Waals surface area contributed by atoms with Crippen LogP contribution in [0.1, 0.15) is 30.9 Å². The van der Waals surface area contributed by atoms with Crippen LogP contribution in [0.2, 0.25) is 0 Å². The van der Waals surface area contributed by atoms with Crippen molar-refractivity contribution in [2.75, 3.05) is 0 Å².